The molecule has 3 N–H and O–H groups in total. The summed E-state index contributed by atoms with van der Waals surface area (Å²) in [6, 6.07) is 20.3. The van der Waals surface area contributed by atoms with Crippen LogP contribution in [0.3, 0.4) is 0 Å². The van der Waals surface area contributed by atoms with Crippen molar-refractivity contribution in [2.75, 3.05) is 0 Å². The number of carbonyl (C=O) groups is 3. The fraction of sp³-hybridized carbons (Fsp3) is 0.133. The average molecular weight is 494 g/mol. The van der Waals surface area contributed by atoms with Crippen LogP contribution in [0.25, 0.3) is 16.8 Å². The van der Waals surface area contributed by atoms with Gasteiger partial charge < -0.3 is 15.7 Å². The fourth-order valence-corrected chi connectivity index (χ4v) is 4.40. The Balaban J connectivity index is 1.54. The third kappa shape index (κ3) is 5.73. The van der Waals surface area contributed by atoms with Crippen molar-refractivity contribution < 1.29 is 19.5 Å². The first-order valence-electron chi connectivity index (χ1n) is 11.8. The van der Waals surface area contributed by atoms with E-state index < -0.39 is 11.9 Å². The van der Waals surface area contributed by atoms with E-state index in [1.165, 1.54) is 18.5 Å². The number of fused-ring (bicyclic) bond motifs is 1. The van der Waals surface area contributed by atoms with Crippen LogP contribution in [0, 0.1) is 13.8 Å². The molecule has 2 amide bonds. The highest BCUT2D eigenvalue weighted by Gasteiger charge is 2.20. The van der Waals surface area contributed by atoms with Crippen molar-refractivity contribution in [2.45, 2.75) is 26.8 Å². The molecule has 4 aromatic rings. The van der Waals surface area contributed by atoms with Gasteiger partial charge in [0.25, 0.3) is 11.8 Å². The van der Waals surface area contributed by atoms with Crippen LogP contribution in [-0.2, 0) is 4.79 Å². The Hall–Kier alpha value is -4.78. The normalized spacial score (nSPS) is 12.1. The Morgan fingerprint density at radius 2 is 1.54 bits per heavy atom. The molecule has 1 atom stereocenters. The second-order valence-electron chi connectivity index (χ2n) is 8.85. The van der Waals surface area contributed by atoms with Crippen LogP contribution in [0.2, 0.25) is 0 Å². The molecule has 1 heterocycles. The Morgan fingerprint density at radius 3 is 2.22 bits per heavy atom. The summed E-state index contributed by atoms with van der Waals surface area (Å²) in [5.41, 5.74) is 3.21. The number of carboxylic acid groups (broad SMARTS) is 1. The molecule has 0 saturated carbocycles. The van der Waals surface area contributed by atoms with E-state index in [4.69, 9.17) is 0 Å². The Labute approximate surface area is 214 Å². The summed E-state index contributed by atoms with van der Waals surface area (Å²) in [5.74, 6) is -2.09. The molecule has 4 rings (SSSR count). The van der Waals surface area contributed by atoms with Gasteiger partial charge in [0.2, 0.25) is 0 Å². The number of aliphatic carboxylic acids is 1. The van der Waals surface area contributed by atoms with Crippen LogP contribution < -0.4 is 10.6 Å². The summed E-state index contributed by atoms with van der Waals surface area (Å²) in [6.45, 7) is 5.38. The van der Waals surface area contributed by atoms with E-state index >= 15 is 0 Å². The SMILES string of the molecule is Cc1cc(C(=O)N[C@H](C)c2cccc3ccccc23)cc(C)c1C(=O)N/C(=C\c1ccncc1)C(=O)O. The van der Waals surface area contributed by atoms with Crippen molar-refractivity contribution in [1.29, 1.82) is 0 Å². The molecule has 0 aliphatic rings. The first-order valence-corrected chi connectivity index (χ1v) is 11.8. The number of amides is 2. The summed E-state index contributed by atoms with van der Waals surface area (Å²) < 4.78 is 0. The van der Waals surface area contributed by atoms with E-state index in [1.54, 1.807) is 38.1 Å². The van der Waals surface area contributed by atoms with Crippen LogP contribution in [-0.4, -0.2) is 27.9 Å². The van der Waals surface area contributed by atoms with E-state index in [0.717, 1.165) is 16.3 Å². The molecule has 1 aromatic heterocycles. The van der Waals surface area contributed by atoms with Gasteiger partial charge in [0.1, 0.15) is 5.70 Å². The Kier molecular flexibility index (Phi) is 7.44. The number of rotatable bonds is 7. The number of nitrogens with one attached hydrogen (secondary N) is 2. The number of nitrogens with zero attached hydrogens (tertiary/aromatic N) is 1. The average Bonchev–Trinajstić information content (AvgIpc) is 2.88. The van der Waals surface area contributed by atoms with Crippen molar-refractivity contribution in [1.82, 2.24) is 15.6 Å². The minimum Gasteiger partial charge on any atom is -0.477 e. The highest BCUT2D eigenvalue weighted by atomic mass is 16.4. The molecule has 7 nitrogen and oxygen atoms in total. The van der Waals surface area contributed by atoms with Gasteiger partial charge in [-0.3, -0.25) is 14.6 Å². The lowest BCUT2D eigenvalue weighted by Crippen LogP contribution is -2.29. The van der Waals surface area contributed by atoms with E-state index in [1.807, 2.05) is 49.4 Å². The van der Waals surface area contributed by atoms with Crippen molar-refractivity contribution in [2.24, 2.45) is 0 Å². The second kappa shape index (κ2) is 10.9. The van der Waals surface area contributed by atoms with Gasteiger partial charge in [-0.15, -0.1) is 0 Å². The predicted molar refractivity (Wildman–Crippen MR) is 143 cm³/mol. The van der Waals surface area contributed by atoms with Crippen LogP contribution >= 0.6 is 0 Å². The number of benzene rings is 3. The number of hydrogen-bond donors (Lipinski definition) is 3. The van der Waals surface area contributed by atoms with E-state index in [0.29, 0.717) is 27.8 Å². The zero-order valence-electron chi connectivity index (χ0n) is 20.8. The van der Waals surface area contributed by atoms with E-state index in [-0.39, 0.29) is 17.6 Å². The highest BCUT2D eigenvalue weighted by molar-refractivity contribution is 6.05. The number of aryl methyl sites for hydroxylation is 2. The molecule has 0 saturated heterocycles. The maximum Gasteiger partial charge on any atom is 0.352 e. The second-order valence-corrected chi connectivity index (χ2v) is 8.85. The molecule has 0 bridgehead atoms. The zero-order chi connectivity index (χ0) is 26.5. The molecular weight excluding hydrogens is 466 g/mol. The number of carboxylic acids is 1. The van der Waals surface area contributed by atoms with Gasteiger partial charge in [-0.25, -0.2) is 4.79 Å². The summed E-state index contributed by atoms with van der Waals surface area (Å²) in [7, 11) is 0. The fourth-order valence-electron chi connectivity index (χ4n) is 4.40. The van der Waals surface area contributed by atoms with Gasteiger partial charge in [-0.05, 0) is 84.1 Å². The zero-order valence-corrected chi connectivity index (χ0v) is 20.8. The highest BCUT2D eigenvalue weighted by Crippen LogP contribution is 2.25. The van der Waals surface area contributed by atoms with E-state index in [9.17, 15) is 19.5 Å². The lowest BCUT2D eigenvalue weighted by atomic mass is 9.97. The van der Waals surface area contributed by atoms with Crippen molar-refractivity contribution in [3.63, 3.8) is 0 Å². The van der Waals surface area contributed by atoms with Gasteiger partial charge >= 0.3 is 5.97 Å². The Bertz CT molecular complexity index is 1500. The molecule has 3 aromatic carbocycles. The molecule has 0 unspecified atom stereocenters. The number of aromatic nitrogens is 1. The quantitative estimate of drug-likeness (QED) is 0.307. The van der Waals surface area contributed by atoms with Gasteiger partial charge in [0.15, 0.2) is 0 Å². The predicted octanol–water partition coefficient (Wildman–Crippen LogP) is 5.20. The maximum atomic E-state index is 13.1. The molecule has 186 valence electrons. The van der Waals surface area contributed by atoms with Crippen molar-refractivity contribution in [3.05, 3.63) is 118 Å². The molecule has 37 heavy (non-hydrogen) atoms. The Morgan fingerprint density at radius 1 is 0.892 bits per heavy atom. The van der Waals surface area contributed by atoms with Crippen LogP contribution in [0.4, 0.5) is 0 Å². The standard InChI is InChI=1S/C30H27N3O4/c1-18-15-23(28(34)32-20(3)24-10-6-8-22-7-4-5-9-25(22)24)16-19(2)27(18)29(35)33-26(30(36)37)17-21-11-13-31-14-12-21/h4-17,20H,1-3H3,(H,32,34)(H,33,35)(H,36,37)/b26-17-/t20-/m1/s1. The number of pyridine rings is 1. The number of carbonyl (C=O) groups excluding carboxylic acids is 2. The van der Waals surface area contributed by atoms with Crippen LogP contribution in [0.1, 0.15) is 55.9 Å². The summed E-state index contributed by atoms with van der Waals surface area (Å²) in [4.78, 5) is 41.8. The molecular formula is C30H27N3O4. The van der Waals surface area contributed by atoms with Crippen LogP contribution in [0.15, 0.2) is 84.8 Å². The molecule has 0 radical (unpaired) electrons. The summed E-state index contributed by atoms with van der Waals surface area (Å²) in [5, 5.41) is 17.3. The molecule has 0 spiro atoms. The smallest absolute Gasteiger partial charge is 0.352 e. The number of hydrogen-bond acceptors (Lipinski definition) is 4. The third-order valence-corrected chi connectivity index (χ3v) is 6.16. The van der Waals surface area contributed by atoms with Crippen molar-refractivity contribution >= 4 is 34.6 Å². The molecule has 0 aliphatic heterocycles. The molecule has 0 fully saturated rings. The van der Waals surface area contributed by atoms with Gasteiger partial charge in [-0.1, -0.05) is 42.5 Å². The van der Waals surface area contributed by atoms with E-state index in [2.05, 4.69) is 15.6 Å². The lowest BCUT2D eigenvalue weighted by molar-refractivity contribution is -0.132. The first-order chi connectivity index (χ1) is 17.7. The molecule has 7 heteroatoms. The van der Waals surface area contributed by atoms with Gasteiger partial charge in [0.05, 0.1) is 6.04 Å². The minimum absolute atomic E-state index is 0.237. The monoisotopic (exact) mass is 493 g/mol. The van der Waals surface area contributed by atoms with Crippen LogP contribution in [0.5, 0.6) is 0 Å². The van der Waals surface area contributed by atoms with Gasteiger partial charge in [-0.2, -0.15) is 0 Å². The lowest BCUT2D eigenvalue weighted by Gasteiger charge is -2.18. The molecule has 0 aliphatic carbocycles. The van der Waals surface area contributed by atoms with Gasteiger partial charge in [0, 0.05) is 23.5 Å². The topological polar surface area (TPSA) is 108 Å². The summed E-state index contributed by atoms with van der Waals surface area (Å²) >= 11 is 0. The largest absolute Gasteiger partial charge is 0.477 e. The van der Waals surface area contributed by atoms with Crippen molar-refractivity contribution in [3.8, 4) is 0 Å². The first kappa shape index (κ1) is 25.3. The third-order valence-electron chi connectivity index (χ3n) is 6.16. The summed E-state index contributed by atoms with van der Waals surface area (Å²) in [6.07, 6.45) is 4.43. The maximum absolute atomic E-state index is 13.1. The minimum atomic E-state index is -1.26.